The van der Waals surface area contributed by atoms with E-state index >= 15 is 0 Å². The standard InChI is InChI=1S/C15H20ClN3O/c16-13-3-1-2-11(10-18-12-4-5-12)15(13)19-8-6-14(20)17-7-9-19/h1-3,12,18H,4-10H2,(H,17,20). The maximum Gasteiger partial charge on any atom is 0.221 e. The average molecular weight is 294 g/mol. The van der Waals surface area contributed by atoms with Crippen molar-refractivity contribution in [3.8, 4) is 0 Å². The van der Waals surface area contributed by atoms with Crippen LogP contribution in [-0.2, 0) is 11.3 Å². The molecule has 3 rings (SSSR count). The van der Waals surface area contributed by atoms with Crippen molar-refractivity contribution in [1.29, 1.82) is 0 Å². The molecule has 1 saturated carbocycles. The molecule has 4 nitrogen and oxygen atoms in total. The third-order valence-corrected chi connectivity index (χ3v) is 4.16. The quantitative estimate of drug-likeness (QED) is 0.891. The Bertz CT molecular complexity index is 502. The summed E-state index contributed by atoms with van der Waals surface area (Å²) in [5.41, 5.74) is 2.30. The average Bonchev–Trinajstić information content (AvgIpc) is 3.25. The van der Waals surface area contributed by atoms with E-state index < -0.39 is 0 Å². The second-order valence-electron chi connectivity index (χ2n) is 5.49. The summed E-state index contributed by atoms with van der Waals surface area (Å²) < 4.78 is 0. The molecule has 0 unspecified atom stereocenters. The molecular formula is C15H20ClN3O. The molecule has 2 aliphatic rings. The van der Waals surface area contributed by atoms with Gasteiger partial charge >= 0.3 is 0 Å². The molecule has 5 heteroatoms. The van der Waals surface area contributed by atoms with E-state index in [4.69, 9.17) is 11.6 Å². The molecule has 108 valence electrons. The van der Waals surface area contributed by atoms with Crippen molar-refractivity contribution in [3.63, 3.8) is 0 Å². The Morgan fingerprint density at radius 3 is 3.00 bits per heavy atom. The first-order valence-electron chi connectivity index (χ1n) is 7.26. The van der Waals surface area contributed by atoms with Crippen molar-refractivity contribution in [3.05, 3.63) is 28.8 Å². The molecule has 1 heterocycles. The number of halogens is 1. The largest absolute Gasteiger partial charge is 0.368 e. The molecule has 1 aliphatic heterocycles. The van der Waals surface area contributed by atoms with E-state index in [0.29, 0.717) is 19.0 Å². The van der Waals surface area contributed by atoms with Crippen LogP contribution in [0.3, 0.4) is 0 Å². The molecule has 2 N–H and O–H groups in total. The fourth-order valence-electron chi connectivity index (χ4n) is 2.59. The number of nitrogens with zero attached hydrogens (tertiary/aromatic N) is 1. The lowest BCUT2D eigenvalue weighted by Crippen LogP contribution is -2.30. The van der Waals surface area contributed by atoms with Crippen LogP contribution in [0.2, 0.25) is 5.02 Å². The lowest BCUT2D eigenvalue weighted by molar-refractivity contribution is -0.120. The highest BCUT2D eigenvalue weighted by molar-refractivity contribution is 6.33. The SMILES string of the molecule is O=C1CCN(c2c(Cl)cccc2CNC2CC2)CCN1. The lowest BCUT2D eigenvalue weighted by Gasteiger charge is -2.26. The minimum atomic E-state index is 0.122. The van der Waals surface area contributed by atoms with Gasteiger partial charge in [0, 0.05) is 38.6 Å². The third kappa shape index (κ3) is 3.25. The number of amides is 1. The van der Waals surface area contributed by atoms with Crippen molar-refractivity contribution < 1.29 is 4.79 Å². The van der Waals surface area contributed by atoms with Gasteiger partial charge in [-0.2, -0.15) is 0 Å². The van der Waals surface area contributed by atoms with E-state index in [1.54, 1.807) is 0 Å². The second kappa shape index (κ2) is 6.02. The fourth-order valence-corrected chi connectivity index (χ4v) is 2.90. The summed E-state index contributed by atoms with van der Waals surface area (Å²) in [5.74, 6) is 0.122. The highest BCUT2D eigenvalue weighted by atomic mass is 35.5. The fraction of sp³-hybridized carbons (Fsp3) is 0.533. The molecule has 0 bridgehead atoms. The molecular weight excluding hydrogens is 274 g/mol. The van der Waals surface area contributed by atoms with E-state index in [1.807, 2.05) is 12.1 Å². The first-order valence-corrected chi connectivity index (χ1v) is 7.64. The number of hydrogen-bond acceptors (Lipinski definition) is 3. The maximum atomic E-state index is 11.5. The zero-order chi connectivity index (χ0) is 13.9. The van der Waals surface area contributed by atoms with Gasteiger partial charge in [-0.05, 0) is 24.5 Å². The van der Waals surface area contributed by atoms with Gasteiger partial charge < -0.3 is 15.5 Å². The molecule has 1 aliphatic carbocycles. The van der Waals surface area contributed by atoms with Crippen LogP contribution in [0.15, 0.2) is 18.2 Å². The Balaban J connectivity index is 1.79. The van der Waals surface area contributed by atoms with Gasteiger partial charge in [-0.3, -0.25) is 4.79 Å². The van der Waals surface area contributed by atoms with Gasteiger partial charge in [0.05, 0.1) is 10.7 Å². The maximum absolute atomic E-state index is 11.5. The Kier molecular flexibility index (Phi) is 4.13. The second-order valence-corrected chi connectivity index (χ2v) is 5.90. The lowest BCUT2D eigenvalue weighted by atomic mass is 10.1. The summed E-state index contributed by atoms with van der Waals surface area (Å²) in [7, 11) is 0. The third-order valence-electron chi connectivity index (χ3n) is 3.86. The topological polar surface area (TPSA) is 44.4 Å². The first-order chi connectivity index (χ1) is 9.74. The van der Waals surface area contributed by atoms with Crippen molar-refractivity contribution in [2.75, 3.05) is 24.5 Å². The van der Waals surface area contributed by atoms with Crippen molar-refractivity contribution >= 4 is 23.2 Å². The van der Waals surface area contributed by atoms with Crippen LogP contribution < -0.4 is 15.5 Å². The van der Waals surface area contributed by atoms with Crippen LogP contribution in [0, 0.1) is 0 Å². The molecule has 2 fully saturated rings. The van der Waals surface area contributed by atoms with Crippen LogP contribution in [-0.4, -0.2) is 31.6 Å². The number of rotatable bonds is 4. The summed E-state index contributed by atoms with van der Waals surface area (Å²) in [6.07, 6.45) is 3.08. The van der Waals surface area contributed by atoms with Crippen LogP contribution in [0.5, 0.6) is 0 Å². The monoisotopic (exact) mass is 293 g/mol. The number of nitrogens with one attached hydrogen (secondary N) is 2. The van der Waals surface area contributed by atoms with Crippen molar-refractivity contribution in [2.45, 2.75) is 31.8 Å². The van der Waals surface area contributed by atoms with Gasteiger partial charge in [-0.15, -0.1) is 0 Å². The number of hydrogen-bond donors (Lipinski definition) is 2. The van der Waals surface area contributed by atoms with Gasteiger partial charge in [-0.1, -0.05) is 23.7 Å². The van der Waals surface area contributed by atoms with Crippen molar-refractivity contribution in [2.24, 2.45) is 0 Å². The molecule has 1 saturated heterocycles. The Hall–Kier alpha value is -1.26. The molecule has 1 amide bonds. The smallest absolute Gasteiger partial charge is 0.221 e. The molecule has 0 spiro atoms. The number of anilines is 1. The van der Waals surface area contributed by atoms with Gasteiger partial charge in [0.15, 0.2) is 0 Å². The van der Waals surface area contributed by atoms with E-state index in [-0.39, 0.29) is 5.91 Å². The van der Waals surface area contributed by atoms with E-state index in [1.165, 1.54) is 18.4 Å². The van der Waals surface area contributed by atoms with Crippen LogP contribution >= 0.6 is 11.6 Å². The number of carbonyl (C=O) groups excluding carboxylic acids is 1. The number of para-hydroxylation sites is 1. The van der Waals surface area contributed by atoms with Gasteiger partial charge in [0.25, 0.3) is 0 Å². The Morgan fingerprint density at radius 2 is 2.20 bits per heavy atom. The molecule has 0 radical (unpaired) electrons. The molecule has 20 heavy (non-hydrogen) atoms. The summed E-state index contributed by atoms with van der Waals surface area (Å²) in [6, 6.07) is 6.72. The summed E-state index contributed by atoms with van der Waals surface area (Å²) in [4.78, 5) is 13.7. The molecule has 0 aromatic heterocycles. The predicted octanol–water partition coefficient (Wildman–Crippen LogP) is 1.92. The Morgan fingerprint density at radius 1 is 1.35 bits per heavy atom. The minimum absolute atomic E-state index is 0.122. The van der Waals surface area contributed by atoms with Crippen LogP contribution in [0.25, 0.3) is 0 Å². The first kappa shape index (κ1) is 13.7. The van der Waals surface area contributed by atoms with Crippen LogP contribution in [0.4, 0.5) is 5.69 Å². The zero-order valence-corrected chi connectivity index (χ0v) is 12.2. The van der Waals surface area contributed by atoms with Gasteiger partial charge in [0.2, 0.25) is 5.91 Å². The molecule has 1 aromatic rings. The molecule has 0 atom stereocenters. The van der Waals surface area contributed by atoms with E-state index in [9.17, 15) is 4.79 Å². The zero-order valence-electron chi connectivity index (χ0n) is 11.5. The van der Waals surface area contributed by atoms with E-state index in [2.05, 4.69) is 21.6 Å². The van der Waals surface area contributed by atoms with Crippen LogP contribution in [0.1, 0.15) is 24.8 Å². The number of carbonyl (C=O) groups is 1. The van der Waals surface area contributed by atoms with Gasteiger partial charge in [-0.25, -0.2) is 0 Å². The minimum Gasteiger partial charge on any atom is -0.368 e. The summed E-state index contributed by atoms with van der Waals surface area (Å²) in [6.45, 7) is 3.07. The highest BCUT2D eigenvalue weighted by Gasteiger charge is 2.22. The normalized spacial score (nSPS) is 19.6. The number of benzene rings is 1. The van der Waals surface area contributed by atoms with E-state index in [0.717, 1.165) is 30.3 Å². The highest BCUT2D eigenvalue weighted by Crippen LogP contribution is 2.31. The summed E-state index contributed by atoms with van der Waals surface area (Å²) >= 11 is 6.41. The Labute approximate surface area is 124 Å². The van der Waals surface area contributed by atoms with Gasteiger partial charge in [0.1, 0.15) is 0 Å². The van der Waals surface area contributed by atoms with Crippen molar-refractivity contribution in [1.82, 2.24) is 10.6 Å². The molecule has 1 aromatic carbocycles. The summed E-state index contributed by atoms with van der Waals surface area (Å²) in [5, 5.41) is 7.21. The predicted molar refractivity (Wildman–Crippen MR) is 81.2 cm³/mol.